The Bertz CT molecular complexity index is 432. The van der Waals surface area contributed by atoms with E-state index in [0.29, 0.717) is 10.6 Å². The molecular formula is C13H23N3O2S. The number of thiazole rings is 1. The van der Waals surface area contributed by atoms with Gasteiger partial charge in [-0.2, -0.15) is 0 Å². The van der Waals surface area contributed by atoms with Crippen LogP contribution in [0.1, 0.15) is 41.6 Å². The van der Waals surface area contributed by atoms with Crippen LogP contribution in [0.2, 0.25) is 0 Å². The second-order valence-electron chi connectivity index (χ2n) is 5.05. The van der Waals surface area contributed by atoms with Gasteiger partial charge in [0.25, 0.3) is 0 Å². The van der Waals surface area contributed by atoms with Gasteiger partial charge in [-0.05, 0) is 26.4 Å². The van der Waals surface area contributed by atoms with Gasteiger partial charge in [-0.25, -0.2) is 9.78 Å². The van der Waals surface area contributed by atoms with Crippen molar-refractivity contribution in [2.75, 3.05) is 39.1 Å². The minimum absolute atomic E-state index is 0.179. The van der Waals surface area contributed by atoms with Crippen LogP contribution in [0.4, 0.5) is 5.13 Å². The van der Waals surface area contributed by atoms with Gasteiger partial charge in [-0.15, -0.1) is 0 Å². The molecule has 108 valence electrons. The maximum atomic E-state index is 11.3. The zero-order valence-corrected chi connectivity index (χ0v) is 13.1. The van der Waals surface area contributed by atoms with E-state index in [2.05, 4.69) is 9.88 Å². The summed E-state index contributed by atoms with van der Waals surface area (Å²) in [5, 5.41) is 10.1. The Kier molecular flexibility index (Phi) is 5.75. The molecule has 1 heterocycles. The van der Waals surface area contributed by atoms with Crippen molar-refractivity contribution in [1.82, 2.24) is 9.88 Å². The summed E-state index contributed by atoms with van der Waals surface area (Å²) < 4.78 is 0. The predicted molar refractivity (Wildman–Crippen MR) is 79.6 cm³/mol. The lowest BCUT2D eigenvalue weighted by atomic mass is 10.0. The lowest BCUT2D eigenvalue weighted by molar-refractivity contribution is 0.0700. The van der Waals surface area contributed by atoms with Gasteiger partial charge in [0.05, 0.1) is 5.69 Å². The van der Waals surface area contributed by atoms with E-state index in [1.54, 1.807) is 0 Å². The topological polar surface area (TPSA) is 56.7 Å². The molecule has 0 aliphatic carbocycles. The quantitative estimate of drug-likeness (QED) is 0.833. The molecule has 1 rings (SSSR count). The van der Waals surface area contributed by atoms with Gasteiger partial charge in [0.1, 0.15) is 4.88 Å². The van der Waals surface area contributed by atoms with Gasteiger partial charge in [0.15, 0.2) is 5.13 Å². The summed E-state index contributed by atoms with van der Waals surface area (Å²) in [5.74, 6) is -0.696. The van der Waals surface area contributed by atoms with E-state index in [-0.39, 0.29) is 5.92 Å². The minimum Gasteiger partial charge on any atom is -0.477 e. The summed E-state index contributed by atoms with van der Waals surface area (Å²) in [6, 6.07) is 0. The number of carbonyl (C=O) groups is 1. The van der Waals surface area contributed by atoms with Crippen molar-refractivity contribution in [3.05, 3.63) is 10.6 Å². The highest BCUT2D eigenvalue weighted by Gasteiger charge is 2.22. The fraction of sp³-hybridized carbons (Fsp3) is 0.692. The van der Waals surface area contributed by atoms with Crippen molar-refractivity contribution in [3.63, 3.8) is 0 Å². The number of hydrogen-bond acceptors (Lipinski definition) is 5. The van der Waals surface area contributed by atoms with Crippen LogP contribution in [0.5, 0.6) is 0 Å². The first-order valence-corrected chi connectivity index (χ1v) is 7.28. The Morgan fingerprint density at radius 2 is 2.00 bits per heavy atom. The fourth-order valence-corrected chi connectivity index (χ4v) is 2.62. The van der Waals surface area contributed by atoms with Crippen molar-refractivity contribution in [1.29, 1.82) is 0 Å². The molecular weight excluding hydrogens is 262 g/mol. The SMILES string of the molecule is CCC(C)c1nc(N(C)CCN(C)C)sc1C(=O)O. The molecule has 1 atom stereocenters. The summed E-state index contributed by atoms with van der Waals surface area (Å²) in [6.07, 6.45) is 0.894. The van der Waals surface area contributed by atoms with E-state index in [0.717, 1.165) is 24.6 Å². The standard InChI is InChI=1S/C13H23N3O2S/c1-6-9(2)10-11(12(17)18)19-13(14-10)16(5)8-7-15(3)4/h9H,6-8H2,1-5H3,(H,17,18). The summed E-state index contributed by atoms with van der Waals surface area (Å²) in [4.78, 5) is 20.3. The molecule has 19 heavy (non-hydrogen) atoms. The van der Waals surface area contributed by atoms with Crippen LogP contribution in [-0.4, -0.2) is 55.2 Å². The molecule has 0 radical (unpaired) electrons. The third kappa shape index (κ3) is 4.18. The molecule has 0 saturated carbocycles. The molecule has 1 N–H and O–H groups in total. The number of carboxylic acids is 1. The first-order chi connectivity index (χ1) is 8.86. The van der Waals surface area contributed by atoms with Gasteiger partial charge >= 0.3 is 5.97 Å². The van der Waals surface area contributed by atoms with Gasteiger partial charge < -0.3 is 14.9 Å². The fourth-order valence-electron chi connectivity index (χ4n) is 1.61. The van der Waals surface area contributed by atoms with Crippen LogP contribution in [-0.2, 0) is 0 Å². The zero-order chi connectivity index (χ0) is 14.6. The largest absolute Gasteiger partial charge is 0.477 e. The Hall–Kier alpha value is -1.14. The number of anilines is 1. The summed E-state index contributed by atoms with van der Waals surface area (Å²) in [6.45, 7) is 5.81. The Morgan fingerprint density at radius 1 is 1.37 bits per heavy atom. The van der Waals surface area contributed by atoms with Crippen molar-refractivity contribution in [2.45, 2.75) is 26.2 Å². The monoisotopic (exact) mass is 285 g/mol. The molecule has 0 aliphatic rings. The Morgan fingerprint density at radius 3 is 2.47 bits per heavy atom. The van der Waals surface area contributed by atoms with Gasteiger partial charge in [0, 0.05) is 20.1 Å². The highest BCUT2D eigenvalue weighted by molar-refractivity contribution is 7.17. The van der Waals surface area contributed by atoms with Crippen LogP contribution < -0.4 is 4.90 Å². The van der Waals surface area contributed by atoms with E-state index in [4.69, 9.17) is 0 Å². The minimum atomic E-state index is -0.875. The van der Waals surface area contributed by atoms with E-state index >= 15 is 0 Å². The van der Waals surface area contributed by atoms with E-state index in [1.165, 1.54) is 11.3 Å². The molecule has 1 aromatic rings. The predicted octanol–water partition coefficient (Wildman–Crippen LogP) is 2.35. The molecule has 1 aromatic heterocycles. The van der Waals surface area contributed by atoms with Crippen LogP contribution in [0.25, 0.3) is 0 Å². The highest BCUT2D eigenvalue weighted by atomic mass is 32.1. The molecule has 0 bridgehead atoms. The van der Waals surface area contributed by atoms with Crippen LogP contribution in [0, 0.1) is 0 Å². The summed E-state index contributed by atoms with van der Waals surface area (Å²) in [7, 11) is 5.99. The van der Waals surface area contributed by atoms with Gasteiger partial charge in [0.2, 0.25) is 0 Å². The highest BCUT2D eigenvalue weighted by Crippen LogP contribution is 2.31. The molecule has 0 aromatic carbocycles. The molecule has 0 fully saturated rings. The van der Waals surface area contributed by atoms with Gasteiger partial charge in [-0.1, -0.05) is 25.2 Å². The second kappa shape index (κ2) is 6.86. The first-order valence-electron chi connectivity index (χ1n) is 6.46. The van der Waals surface area contributed by atoms with Crippen LogP contribution in [0.3, 0.4) is 0 Å². The lowest BCUT2D eigenvalue weighted by Crippen LogP contribution is -2.28. The summed E-state index contributed by atoms with van der Waals surface area (Å²) >= 11 is 1.27. The molecule has 0 saturated heterocycles. The lowest BCUT2D eigenvalue weighted by Gasteiger charge is -2.18. The van der Waals surface area contributed by atoms with E-state index in [1.807, 2.05) is 39.9 Å². The second-order valence-corrected chi connectivity index (χ2v) is 6.03. The molecule has 0 spiro atoms. The van der Waals surface area contributed by atoms with Crippen LogP contribution in [0.15, 0.2) is 0 Å². The number of likely N-dealkylation sites (N-methyl/N-ethyl adjacent to an activating group) is 2. The zero-order valence-electron chi connectivity index (χ0n) is 12.3. The number of hydrogen-bond donors (Lipinski definition) is 1. The molecule has 1 unspecified atom stereocenters. The third-order valence-electron chi connectivity index (χ3n) is 3.12. The number of aromatic carboxylic acids is 1. The van der Waals surface area contributed by atoms with Crippen molar-refractivity contribution < 1.29 is 9.90 Å². The Labute approximate surface area is 118 Å². The summed E-state index contributed by atoms with van der Waals surface area (Å²) in [5.41, 5.74) is 0.715. The number of aromatic nitrogens is 1. The molecule has 0 aliphatic heterocycles. The molecule has 0 amide bonds. The van der Waals surface area contributed by atoms with E-state index < -0.39 is 5.97 Å². The van der Waals surface area contributed by atoms with Crippen LogP contribution >= 0.6 is 11.3 Å². The average molecular weight is 285 g/mol. The smallest absolute Gasteiger partial charge is 0.347 e. The Balaban J connectivity index is 2.94. The van der Waals surface area contributed by atoms with Gasteiger partial charge in [-0.3, -0.25) is 0 Å². The maximum Gasteiger partial charge on any atom is 0.347 e. The molecule has 5 nitrogen and oxygen atoms in total. The normalized spacial score (nSPS) is 12.7. The number of carboxylic acid groups (broad SMARTS) is 1. The van der Waals surface area contributed by atoms with Crippen molar-refractivity contribution >= 4 is 22.4 Å². The maximum absolute atomic E-state index is 11.3. The number of rotatable bonds is 7. The van der Waals surface area contributed by atoms with Crippen molar-refractivity contribution in [3.8, 4) is 0 Å². The first kappa shape index (κ1) is 15.9. The third-order valence-corrected chi connectivity index (χ3v) is 4.30. The number of nitrogens with zero attached hydrogens (tertiary/aromatic N) is 3. The van der Waals surface area contributed by atoms with E-state index in [9.17, 15) is 9.90 Å². The average Bonchev–Trinajstić information content (AvgIpc) is 2.80. The van der Waals surface area contributed by atoms with Crippen molar-refractivity contribution in [2.24, 2.45) is 0 Å². The molecule has 6 heteroatoms.